The van der Waals surface area contributed by atoms with Crippen molar-refractivity contribution in [2.75, 3.05) is 17.7 Å². The Kier molecular flexibility index (Phi) is 6.04. The van der Waals surface area contributed by atoms with Crippen LogP contribution in [0.3, 0.4) is 0 Å². The molecule has 0 spiro atoms. The summed E-state index contributed by atoms with van der Waals surface area (Å²) in [6.07, 6.45) is 2.89. The van der Waals surface area contributed by atoms with Crippen molar-refractivity contribution < 1.29 is 14.3 Å². The average molecular weight is 454 g/mol. The van der Waals surface area contributed by atoms with Gasteiger partial charge in [-0.3, -0.25) is 9.59 Å². The zero-order chi connectivity index (χ0) is 23.5. The maximum atomic E-state index is 12.7. The van der Waals surface area contributed by atoms with Crippen molar-refractivity contribution in [3.63, 3.8) is 0 Å². The number of para-hydroxylation sites is 1. The number of methoxy groups -OCH3 is 1. The van der Waals surface area contributed by atoms with Crippen LogP contribution in [0.15, 0.2) is 72.8 Å². The number of H-pyrrole nitrogens is 1. The number of benzene rings is 3. The third-order valence-corrected chi connectivity index (χ3v) is 6.18. The molecule has 3 N–H and O–H groups in total. The van der Waals surface area contributed by atoms with Crippen LogP contribution in [0.25, 0.3) is 22.2 Å². The lowest BCUT2D eigenvalue weighted by atomic mass is 10.0. The molecular weight excluding hydrogens is 426 g/mol. The van der Waals surface area contributed by atoms with Gasteiger partial charge < -0.3 is 20.4 Å². The second kappa shape index (κ2) is 9.43. The molecule has 1 aromatic heterocycles. The van der Waals surface area contributed by atoms with E-state index < -0.39 is 0 Å². The summed E-state index contributed by atoms with van der Waals surface area (Å²) in [4.78, 5) is 28.1. The van der Waals surface area contributed by atoms with Crippen LogP contribution < -0.4 is 15.4 Å². The lowest BCUT2D eigenvalue weighted by Crippen LogP contribution is -2.14. The predicted molar refractivity (Wildman–Crippen MR) is 135 cm³/mol. The van der Waals surface area contributed by atoms with Gasteiger partial charge in [0, 0.05) is 40.3 Å². The standard InChI is InChI=1S/C28H27N3O3/c1-34-22-14-8-18(9-15-22)27-24(23-4-2-3-5-25(23)31-27)16-17-26(32)29-20-10-12-21(13-11-20)30-28(33)19-6-7-19/h2-5,8-15,19,31H,6-7,16-17H2,1H3,(H,29,32)(H,30,33). The summed E-state index contributed by atoms with van der Waals surface area (Å²) in [5, 5.41) is 7.00. The van der Waals surface area contributed by atoms with Gasteiger partial charge in [-0.25, -0.2) is 0 Å². The number of nitrogens with one attached hydrogen (secondary N) is 3. The van der Waals surface area contributed by atoms with Gasteiger partial charge in [-0.2, -0.15) is 0 Å². The molecule has 0 unspecified atom stereocenters. The maximum absolute atomic E-state index is 12.7. The Morgan fingerprint density at radius 3 is 2.26 bits per heavy atom. The largest absolute Gasteiger partial charge is 0.497 e. The third-order valence-electron chi connectivity index (χ3n) is 6.18. The summed E-state index contributed by atoms with van der Waals surface area (Å²) in [6.45, 7) is 0. The van der Waals surface area contributed by atoms with Crippen molar-refractivity contribution in [3.8, 4) is 17.0 Å². The van der Waals surface area contributed by atoms with Gasteiger partial charge in [0.1, 0.15) is 5.75 Å². The van der Waals surface area contributed by atoms with Crippen molar-refractivity contribution in [3.05, 3.63) is 78.4 Å². The van der Waals surface area contributed by atoms with Crippen molar-refractivity contribution in [1.29, 1.82) is 0 Å². The van der Waals surface area contributed by atoms with E-state index in [4.69, 9.17) is 4.74 Å². The Bertz CT molecular complexity index is 1320. The molecule has 6 heteroatoms. The van der Waals surface area contributed by atoms with Gasteiger partial charge in [0.15, 0.2) is 0 Å². The first-order chi connectivity index (χ1) is 16.6. The third kappa shape index (κ3) is 4.81. The lowest BCUT2D eigenvalue weighted by Gasteiger charge is -2.09. The number of amides is 2. The summed E-state index contributed by atoms with van der Waals surface area (Å²) in [5.74, 6) is 0.981. The molecule has 0 saturated heterocycles. The van der Waals surface area contributed by atoms with Gasteiger partial charge in [0.2, 0.25) is 11.8 Å². The molecule has 1 saturated carbocycles. The molecule has 1 heterocycles. The number of ether oxygens (including phenoxy) is 1. The molecule has 4 aromatic rings. The number of aromatic amines is 1. The molecule has 0 aliphatic heterocycles. The molecule has 2 amide bonds. The van der Waals surface area contributed by atoms with Gasteiger partial charge in [-0.05, 0) is 85.0 Å². The number of aryl methyl sites for hydroxylation is 1. The highest BCUT2D eigenvalue weighted by Crippen LogP contribution is 2.33. The number of carbonyl (C=O) groups excluding carboxylic acids is 2. The maximum Gasteiger partial charge on any atom is 0.227 e. The van der Waals surface area contributed by atoms with Gasteiger partial charge in [0.05, 0.1) is 7.11 Å². The molecule has 34 heavy (non-hydrogen) atoms. The molecular formula is C28H27N3O3. The van der Waals surface area contributed by atoms with Crippen LogP contribution in [0, 0.1) is 5.92 Å². The second-order valence-corrected chi connectivity index (χ2v) is 8.64. The molecule has 1 aliphatic rings. The van der Waals surface area contributed by atoms with E-state index in [1.807, 2.05) is 60.7 Å². The van der Waals surface area contributed by atoms with Gasteiger partial charge >= 0.3 is 0 Å². The highest BCUT2D eigenvalue weighted by Gasteiger charge is 2.29. The number of anilines is 2. The van der Waals surface area contributed by atoms with Gasteiger partial charge in [0.25, 0.3) is 0 Å². The van der Waals surface area contributed by atoms with Crippen molar-refractivity contribution in [1.82, 2.24) is 4.98 Å². The van der Waals surface area contributed by atoms with Crippen molar-refractivity contribution in [2.24, 2.45) is 5.92 Å². The minimum atomic E-state index is -0.0549. The first-order valence-electron chi connectivity index (χ1n) is 11.6. The number of aromatic nitrogens is 1. The Balaban J connectivity index is 1.27. The average Bonchev–Trinajstić information content (AvgIpc) is 3.65. The summed E-state index contributed by atoms with van der Waals surface area (Å²) >= 11 is 0. The van der Waals surface area contributed by atoms with Crippen molar-refractivity contribution >= 4 is 34.1 Å². The van der Waals surface area contributed by atoms with Crippen LogP contribution in [0.2, 0.25) is 0 Å². The highest BCUT2D eigenvalue weighted by atomic mass is 16.5. The van der Waals surface area contributed by atoms with Gasteiger partial charge in [-0.15, -0.1) is 0 Å². The fourth-order valence-corrected chi connectivity index (χ4v) is 4.15. The zero-order valence-electron chi connectivity index (χ0n) is 19.1. The molecule has 5 rings (SSSR count). The fourth-order valence-electron chi connectivity index (χ4n) is 4.15. The van der Waals surface area contributed by atoms with Crippen LogP contribution in [-0.2, 0) is 16.0 Å². The first-order valence-corrected chi connectivity index (χ1v) is 11.6. The molecule has 172 valence electrons. The molecule has 1 aliphatic carbocycles. The monoisotopic (exact) mass is 453 g/mol. The summed E-state index contributed by atoms with van der Waals surface area (Å²) in [5.41, 5.74) is 5.70. The fraction of sp³-hybridized carbons (Fsp3) is 0.214. The van der Waals surface area contributed by atoms with Crippen LogP contribution in [0.1, 0.15) is 24.8 Å². The molecule has 1 fully saturated rings. The molecule has 0 atom stereocenters. The minimum Gasteiger partial charge on any atom is -0.497 e. The SMILES string of the molecule is COc1ccc(-c2[nH]c3ccccc3c2CCC(=O)Nc2ccc(NC(=O)C3CC3)cc2)cc1. The number of hydrogen-bond acceptors (Lipinski definition) is 3. The van der Waals surface area contributed by atoms with E-state index in [2.05, 4.69) is 27.8 Å². The highest BCUT2D eigenvalue weighted by molar-refractivity contribution is 5.96. The van der Waals surface area contributed by atoms with E-state index in [9.17, 15) is 9.59 Å². The zero-order valence-corrected chi connectivity index (χ0v) is 19.1. The molecule has 3 aromatic carbocycles. The topological polar surface area (TPSA) is 83.2 Å². The number of fused-ring (bicyclic) bond motifs is 1. The summed E-state index contributed by atoms with van der Waals surface area (Å²) in [6, 6.07) is 23.3. The first kappa shape index (κ1) is 21.8. The molecule has 0 bridgehead atoms. The Morgan fingerprint density at radius 1 is 0.912 bits per heavy atom. The number of rotatable bonds is 8. The van der Waals surface area contributed by atoms with E-state index in [0.717, 1.165) is 52.0 Å². The molecule has 0 radical (unpaired) electrons. The van der Waals surface area contributed by atoms with Crippen molar-refractivity contribution in [2.45, 2.75) is 25.7 Å². The van der Waals surface area contributed by atoms with Crippen LogP contribution >= 0.6 is 0 Å². The van der Waals surface area contributed by atoms with E-state index >= 15 is 0 Å². The van der Waals surface area contributed by atoms with E-state index in [1.54, 1.807) is 7.11 Å². The van der Waals surface area contributed by atoms with Crippen LogP contribution in [0.4, 0.5) is 11.4 Å². The quantitative estimate of drug-likeness (QED) is 0.317. The Morgan fingerprint density at radius 2 is 1.59 bits per heavy atom. The lowest BCUT2D eigenvalue weighted by molar-refractivity contribution is -0.117. The van der Waals surface area contributed by atoms with E-state index in [0.29, 0.717) is 18.5 Å². The minimum absolute atomic E-state index is 0.0549. The number of carbonyl (C=O) groups is 2. The Labute approximate surface area is 198 Å². The summed E-state index contributed by atoms with van der Waals surface area (Å²) < 4.78 is 5.29. The van der Waals surface area contributed by atoms with Crippen LogP contribution in [-0.4, -0.2) is 23.9 Å². The molecule has 6 nitrogen and oxygen atoms in total. The predicted octanol–water partition coefficient (Wildman–Crippen LogP) is 5.76. The van der Waals surface area contributed by atoms with Gasteiger partial charge in [-0.1, -0.05) is 18.2 Å². The smallest absolute Gasteiger partial charge is 0.227 e. The summed E-state index contributed by atoms with van der Waals surface area (Å²) in [7, 11) is 1.65. The van der Waals surface area contributed by atoms with Crippen LogP contribution in [0.5, 0.6) is 5.75 Å². The Hall–Kier alpha value is -4.06. The second-order valence-electron chi connectivity index (χ2n) is 8.64. The number of hydrogen-bond donors (Lipinski definition) is 3. The normalized spacial score (nSPS) is 13.0. The van der Waals surface area contributed by atoms with E-state index in [-0.39, 0.29) is 17.7 Å². The van der Waals surface area contributed by atoms with E-state index in [1.165, 1.54) is 0 Å².